The maximum absolute atomic E-state index is 4.49. The molecule has 3 rings (SSSR count). The van der Waals surface area contributed by atoms with Crippen molar-refractivity contribution in [3.8, 4) is 0 Å². The maximum atomic E-state index is 4.49. The molecule has 0 bridgehead atoms. The van der Waals surface area contributed by atoms with Crippen LogP contribution in [-0.2, 0) is 6.54 Å². The van der Waals surface area contributed by atoms with Gasteiger partial charge in [-0.25, -0.2) is 0 Å². The Bertz CT molecular complexity index is 381. The Labute approximate surface area is 110 Å². The first kappa shape index (κ1) is 12.2. The normalized spacial score (nSPS) is 27.8. The second-order valence-electron chi connectivity index (χ2n) is 6.02. The number of rotatable bonds is 6. The van der Waals surface area contributed by atoms with Crippen LogP contribution in [0.5, 0.6) is 0 Å². The summed E-state index contributed by atoms with van der Waals surface area (Å²) in [5, 5.41) is 8.19. The molecule has 0 amide bonds. The van der Waals surface area contributed by atoms with E-state index in [0.29, 0.717) is 0 Å². The third kappa shape index (κ3) is 2.77. The van der Waals surface area contributed by atoms with Crippen molar-refractivity contribution < 1.29 is 0 Å². The molecule has 0 radical (unpaired) electrons. The summed E-state index contributed by atoms with van der Waals surface area (Å²) < 4.78 is 2.11. The molecule has 0 spiro atoms. The van der Waals surface area contributed by atoms with Crippen molar-refractivity contribution in [1.29, 1.82) is 0 Å². The number of hydrogen-bond donors (Lipinski definition) is 1. The lowest BCUT2D eigenvalue weighted by molar-refractivity contribution is 0.442. The van der Waals surface area contributed by atoms with E-state index in [0.717, 1.165) is 24.4 Å². The summed E-state index contributed by atoms with van der Waals surface area (Å²) >= 11 is 0. The van der Waals surface area contributed by atoms with Gasteiger partial charge in [-0.1, -0.05) is 13.3 Å². The Balaban J connectivity index is 1.60. The smallest absolute Gasteiger partial charge is 0.0524 e. The number of aryl methyl sites for hydroxylation is 1. The lowest BCUT2D eigenvalue weighted by Crippen LogP contribution is -2.26. The van der Waals surface area contributed by atoms with Gasteiger partial charge in [-0.2, -0.15) is 5.10 Å². The number of nitrogens with zero attached hydrogens (tertiary/aromatic N) is 2. The summed E-state index contributed by atoms with van der Waals surface area (Å²) in [5.41, 5.74) is 1.48. The van der Waals surface area contributed by atoms with Crippen LogP contribution >= 0.6 is 0 Å². The van der Waals surface area contributed by atoms with Gasteiger partial charge in [-0.15, -0.1) is 0 Å². The van der Waals surface area contributed by atoms with Crippen LogP contribution in [0.2, 0.25) is 0 Å². The van der Waals surface area contributed by atoms with E-state index < -0.39 is 0 Å². The standard InChI is InChI=1S/C15H25N3/c1-2-8-18-11-13(10-17-18)15-5-3-4-12(15)9-16-14-6-7-14/h10-12,14-16H,2-9H2,1H3. The Morgan fingerprint density at radius 1 is 1.33 bits per heavy atom. The molecule has 3 heteroatoms. The van der Waals surface area contributed by atoms with Gasteiger partial charge in [0.25, 0.3) is 0 Å². The van der Waals surface area contributed by atoms with Gasteiger partial charge in [0.1, 0.15) is 0 Å². The highest BCUT2D eigenvalue weighted by Gasteiger charge is 2.31. The Kier molecular flexibility index (Phi) is 3.69. The molecule has 0 saturated heterocycles. The third-order valence-electron chi connectivity index (χ3n) is 4.44. The highest BCUT2D eigenvalue weighted by Crippen LogP contribution is 2.39. The summed E-state index contributed by atoms with van der Waals surface area (Å²) in [6.07, 6.45) is 12.5. The molecule has 1 N–H and O–H groups in total. The second-order valence-corrected chi connectivity index (χ2v) is 6.02. The van der Waals surface area contributed by atoms with Gasteiger partial charge in [0.05, 0.1) is 6.20 Å². The molecule has 1 heterocycles. The zero-order chi connectivity index (χ0) is 12.4. The van der Waals surface area contributed by atoms with Crippen LogP contribution in [0.1, 0.15) is 56.9 Å². The van der Waals surface area contributed by atoms with E-state index in [1.165, 1.54) is 50.6 Å². The zero-order valence-electron chi connectivity index (χ0n) is 11.4. The van der Waals surface area contributed by atoms with Crippen LogP contribution in [0.4, 0.5) is 0 Å². The van der Waals surface area contributed by atoms with Crippen LogP contribution in [0.3, 0.4) is 0 Å². The Morgan fingerprint density at radius 2 is 2.22 bits per heavy atom. The molecule has 1 aromatic heterocycles. The minimum atomic E-state index is 0.752. The van der Waals surface area contributed by atoms with Gasteiger partial charge in [-0.3, -0.25) is 4.68 Å². The molecule has 18 heavy (non-hydrogen) atoms. The first-order valence-corrected chi connectivity index (χ1v) is 7.62. The monoisotopic (exact) mass is 247 g/mol. The van der Waals surface area contributed by atoms with Gasteiger partial charge in [-0.05, 0) is 56.0 Å². The van der Waals surface area contributed by atoms with Crippen molar-refractivity contribution in [1.82, 2.24) is 15.1 Å². The van der Waals surface area contributed by atoms with Gasteiger partial charge in [0.2, 0.25) is 0 Å². The average molecular weight is 247 g/mol. The zero-order valence-corrected chi connectivity index (χ0v) is 11.4. The molecule has 100 valence electrons. The SMILES string of the molecule is CCCn1cc(C2CCCC2CNC2CC2)cn1. The van der Waals surface area contributed by atoms with E-state index in [9.17, 15) is 0 Å². The highest BCUT2D eigenvalue weighted by molar-refractivity contribution is 5.15. The van der Waals surface area contributed by atoms with Crippen molar-refractivity contribution in [2.24, 2.45) is 5.92 Å². The predicted molar refractivity (Wildman–Crippen MR) is 73.6 cm³/mol. The fourth-order valence-electron chi connectivity index (χ4n) is 3.25. The highest BCUT2D eigenvalue weighted by atomic mass is 15.3. The molecule has 2 saturated carbocycles. The number of nitrogens with one attached hydrogen (secondary N) is 1. The molecule has 0 aliphatic heterocycles. The van der Waals surface area contributed by atoms with Crippen molar-refractivity contribution in [2.45, 2.75) is 64.0 Å². The molecule has 2 aliphatic rings. The molecule has 1 aromatic rings. The molecule has 2 unspecified atom stereocenters. The minimum absolute atomic E-state index is 0.752. The molecular weight excluding hydrogens is 222 g/mol. The number of aromatic nitrogens is 2. The van der Waals surface area contributed by atoms with Crippen LogP contribution in [-0.4, -0.2) is 22.4 Å². The van der Waals surface area contributed by atoms with Gasteiger partial charge in [0.15, 0.2) is 0 Å². The third-order valence-corrected chi connectivity index (χ3v) is 4.44. The quantitative estimate of drug-likeness (QED) is 0.837. The fourth-order valence-corrected chi connectivity index (χ4v) is 3.25. The van der Waals surface area contributed by atoms with Crippen LogP contribution < -0.4 is 5.32 Å². The van der Waals surface area contributed by atoms with Gasteiger partial charge < -0.3 is 5.32 Å². The van der Waals surface area contributed by atoms with E-state index in [2.05, 4.69) is 34.4 Å². The average Bonchev–Trinajstić information content (AvgIpc) is 2.89. The van der Waals surface area contributed by atoms with Gasteiger partial charge >= 0.3 is 0 Å². The summed E-state index contributed by atoms with van der Waals surface area (Å²) in [4.78, 5) is 0. The topological polar surface area (TPSA) is 29.9 Å². The first-order chi connectivity index (χ1) is 8.86. The van der Waals surface area contributed by atoms with Crippen molar-refractivity contribution in [3.63, 3.8) is 0 Å². The van der Waals surface area contributed by atoms with Crippen LogP contribution in [0, 0.1) is 5.92 Å². The maximum Gasteiger partial charge on any atom is 0.0524 e. The van der Waals surface area contributed by atoms with Crippen LogP contribution in [0.15, 0.2) is 12.4 Å². The minimum Gasteiger partial charge on any atom is -0.314 e. The molecular formula is C15H25N3. The molecule has 3 nitrogen and oxygen atoms in total. The second kappa shape index (κ2) is 5.43. The summed E-state index contributed by atoms with van der Waals surface area (Å²) in [5.74, 6) is 1.59. The molecule has 2 fully saturated rings. The van der Waals surface area contributed by atoms with Crippen molar-refractivity contribution >= 4 is 0 Å². The van der Waals surface area contributed by atoms with E-state index in [1.807, 2.05) is 0 Å². The van der Waals surface area contributed by atoms with E-state index in [-0.39, 0.29) is 0 Å². The number of hydrogen-bond acceptors (Lipinski definition) is 2. The molecule has 2 aliphatic carbocycles. The Hall–Kier alpha value is -0.830. The van der Waals surface area contributed by atoms with Crippen LogP contribution in [0.25, 0.3) is 0 Å². The fraction of sp³-hybridized carbons (Fsp3) is 0.800. The summed E-state index contributed by atoms with van der Waals surface area (Å²) in [7, 11) is 0. The molecule has 0 aromatic carbocycles. The molecule has 2 atom stereocenters. The van der Waals surface area contributed by atoms with E-state index >= 15 is 0 Å². The summed E-state index contributed by atoms with van der Waals surface area (Å²) in [6, 6.07) is 0.842. The Morgan fingerprint density at radius 3 is 3.00 bits per heavy atom. The van der Waals surface area contributed by atoms with Gasteiger partial charge in [0, 0.05) is 18.8 Å². The van der Waals surface area contributed by atoms with E-state index in [1.54, 1.807) is 0 Å². The lowest BCUT2D eigenvalue weighted by Gasteiger charge is -2.18. The van der Waals surface area contributed by atoms with Crippen molar-refractivity contribution in [2.75, 3.05) is 6.54 Å². The predicted octanol–water partition coefficient (Wildman–Crippen LogP) is 2.93. The lowest BCUT2D eigenvalue weighted by atomic mass is 9.91. The van der Waals surface area contributed by atoms with Crippen molar-refractivity contribution in [3.05, 3.63) is 18.0 Å². The first-order valence-electron chi connectivity index (χ1n) is 7.62. The largest absolute Gasteiger partial charge is 0.314 e. The summed E-state index contributed by atoms with van der Waals surface area (Å²) in [6.45, 7) is 4.48. The van der Waals surface area contributed by atoms with E-state index in [4.69, 9.17) is 0 Å².